The van der Waals surface area contributed by atoms with Gasteiger partial charge < -0.3 is 23.4 Å². The van der Waals surface area contributed by atoms with Crippen LogP contribution in [0, 0.1) is 5.82 Å². The first-order valence-electron chi connectivity index (χ1n) is 10.8. The molecule has 1 saturated heterocycles. The monoisotopic (exact) mass is 449 g/mol. The minimum atomic E-state index is -0.327. The number of methoxy groups -OCH3 is 2. The maximum atomic E-state index is 14.0. The van der Waals surface area contributed by atoms with E-state index in [1.54, 1.807) is 26.4 Å². The lowest BCUT2D eigenvalue weighted by Crippen LogP contribution is -2.39. The van der Waals surface area contributed by atoms with Gasteiger partial charge >= 0.3 is 0 Å². The van der Waals surface area contributed by atoms with Crippen LogP contribution in [0.4, 0.5) is 4.39 Å². The van der Waals surface area contributed by atoms with Crippen LogP contribution in [0.2, 0.25) is 0 Å². The van der Waals surface area contributed by atoms with Crippen LogP contribution in [0.3, 0.4) is 0 Å². The van der Waals surface area contributed by atoms with E-state index in [9.17, 15) is 9.18 Å². The second kappa shape index (κ2) is 8.61. The Hall–Kier alpha value is -3.81. The summed E-state index contributed by atoms with van der Waals surface area (Å²) in [4.78, 5) is 19.3. The first-order valence-corrected chi connectivity index (χ1v) is 10.8. The molecule has 1 aliphatic rings. The number of furan rings is 1. The van der Waals surface area contributed by atoms with E-state index >= 15 is 0 Å². The number of amides is 1. The summed E-state index contributed by atoms with van der Waals surface area (Å²) in [5.41, 5.74) is 2.86. The molecule has 1 aliphatic heterocycles. The molecule has 8 heteroatoms. The number of likely N-dealkylation sites (tertiary alicyclic amines) is 1. The average Bonchev–Trinajstić information content (AvgIpc) is 3.51. The van der Waals surface area contributed by atoms with E-state index in [1.165, 1.54) is 24.7 Å². The highest BCUT2D eigenvalue weighted by Gasteiger charge is 2.28. The molecule has 4 aromatic rings. The van der Waals surface area contributed by atoms with Gasteiger partial charge in [-0.15, -0.1) is 0 Å². The normalized spacial score (nSPS) is 14.6. The van der Waals surface area contributed by atoms with E-state index < -0.39 is 0 Å². The maximum Gasteiger partial charge on any atom is 0.257 e. The number of ether oxygens (including phenoxy) is 2. The second-order valence-electron chi connectivity index (χ2n) is 8.04. The third kappa shape index (κ3) is 3.82. The third-order valence-electron chi connectivity index (χ3n) is 6.18. The summed E-state index contributed by atoms with van der Waals surface area (Å²) in [7, 11) is 3.18. The van der Waals surface area contributed by atoms with Crippen LogP contribution in [0.1, 0.15) is 29.2 Å². The van der Waals surface area contributed by atoms with Crippen LogP contribution in [0.15, 0.2) is 59.4 Å². The van der Waals surface area contributed by atoms with E-state index in [0.717, 1.165) is 29.7 Å². The van der Waals surface area contributed by atoms with E-state index in [4.69, 9.17) is 18.9 Å². The molecule has 7 nitrogen and oxygen atoms in total. The fraction of sp³-hybridized carbons (Fsp3) is 0.280. The molecule has 0 aliphatic carbocycles. The number of nitrogens with zero attached hydrogens (tertiary/aromatic N) is 3. The molecule has 33 heavy (non-hydrogen) atoms. The fourth-order valence-electron chi connectivity index (χ4n) is 4.52. The molecule has 0 spiro atoms. The van der Waals surface area contributed by atoms with Crippen molar-refractivity contribution in [2.75, 3.05) is 27.3 Å². The van der Waals surface area contributed by atoms with E-state index in [0.29, 0.717) is 35.7 Å². The number of aromatic nitrogens is 2. The van der Waals surface area contributed by atoms with Crippen molar-refractivity contribution >= 4 is 16.9 Å². The van der Waals surface area contributed by atoms with Crippen molar-refractivity contribution in [1.82, 2.24) is 14.5 Å². The second-order valence-corrected chi connectivity index (χ2v) is 8.04. The number of hydrogen-bond donors (Lipinski definition) is 0. The van der Waals surface area contributed by atoms with Crippen molar-refractivity contribution in [3.63, 3.8) is 0 Å². The number of carbonyl (C=O) groups excluding carboxylic acids is 1. The van der Waals surface area contributed by atoms with Gasteiger partial charge in [0.15, 0.2) is 11.5 Å². The van der Waals surface area contributed by atoms with Gasteiger partial charge in [0.2, 0.25) is 0 Å². The molecule has 0 bridgehead atoms. The van der Waals surface area contributed by atoms with Gasteiger partial charge in [0.05, 0.1) is 37.1 Å². The lowest BCUT2D eigenvalue weighted by atomic mass is 10.0. The van der Waals surface area contributed by atoms with Crippen LogP contribution in [-0.4, -0.2) is 47.7 Å². The fourth-order valence-corrected chi connectivity index (χ4v) is 4.52. The topological polar surface area (TPSA) is 69.7 Å². The molecule has 0 saturated carbocycles. The van der Waals surface area contributed by atoms with E-state index in [2.05, 4.69) is 4.57 Å². The lowest BCUT2D eigenvalue weighted by Gasteiger charge is -2.33. The quantitative estimate of drug-likeness (QED) is 0.432. The molecule has 170 valence electrons. The largest absolute Gasteiger partial charge is 0.493 e. The standard InChI is InChI=1S/C25H24FN3O4/c1-31-22-6-3-16(13-23(22)32-2)24-27-20-14-18(26)4-5-21(20)29(24)19-7-10-28(11-8-19)25(30)17-9-12-33-15-17/h3-6,9,12-15,19H,7-8,10-11H2,1-2H3. The zero-order valence-corrected chi connectivity index (χ0v) is 18.5. The van der Waals surface area contributed by atoms with Crippen molar-refractivity contribution < 1.29 is 23.1 Å². The molecule has 0 N–H and O–H groups in total. The minimum Gasteiger partial charge on any atom is -0.493 e. The van der Waals surface area contributed by atoms with Gasteiger partial charge in [0, 0.05) is 30.8 Å². The third-order valence-corrected chi connectivity index (χ3v) is 6.18. The van der Waals surface area contributed by atoms with Gasteiger partial charge in [-0.25, -0.2) is 9.37 Å². The summed E-state index contributed by atoms with van der Waals surface area (Å²) < 4.78 is 32.0. The average molecular weight is 449 g/mol. The number of imidazole rings is 1. The zero-order chi connectivity index (χ0) is 22.9. The number of rotatable bonds is 5. The van der Waals surface area contributed by atoms with Gasteiger partial charge in [-0.1, -0.05) is 0 Å². The molecular formula is C25H24FN3O4. The molecule has 0 unspecified atom stereocenters. The van der Waals surface area contributed by atoms with E-state index in [-0.39, 0.29) is 17.8 Å². The number of benzene rings is 2. The van der Waals surface area contributed by atoms with Gasteiger partial charge in [-0.2, -0.15) is 0 Å². The Morgan fingerprint density at radius 2 is 1.85 bits per heavy atom. The van der Waals surface area contributed by atoms with Gasteiger partial charge in [-0.3, -0.25) is 4.79 Å². The van der Waals surface area contributed by atoms with Gasteiger partial charge in [-0.05, 0) is 49.2 Å². The number of fused-ring (bicyclic) bond motifs is 1. The zero-order valence-electron chi connectivity index (χ0n) is 18.5. The first kappa shape index (κ1) is 21.1. The Balaban J connectivity index is 1.51. The molecular weight excluding hydrogens is 425 g/mol. The summed E-state index contributed by atoms with van der Waals surface area (Å²) in [6.45, 7) is 1.22. The number of piperidine rings is 1. The van der Waals surface area contributed by atoms with Crippen LogP contribution in [0.25, 0.3) is 22.4 Å². The highest BCUT2D eigenvalue weighted by Crippen LogP contribution is 2.37. The number of carbonyl (C=O) groups is 1. The molecule has 3 heterocycles. The van der Waals surface area contributed by atoms with Crippen LogP contribution >= 0.6 is 0 Å². The molecule has 1 amide bonds. The summed E-state index contributed by atoms with van der Waals surface area (Å²) in [5, 5.41) is 0. The Bertz CT molecular complexity index is 1290. The summed E-state index contributed by atoms with van der Waals surface area (Å²) in [6.07, 6.45) is 4.49. The molecule has 2 aromatic heterocycles. The first-order chi connectivity index (χ1) is 16.1. The smallest absolute Gasteiger partial charge is 0.257 e. The molecule has 0 atom stereocenters. The Labute approximate surface area is 190 Å². The minimum absolute atomic E-state index is 0.0279. The van der Waals surface area contributed by atoms with Crippen molar-refractivity contribution in [1.29, 1.82) is 0 Å². The maximum absolute atomic E-state index is 14.0. The number of halogens is 1. The van der Waals surface area contributed by atoms with Crippen molar-refractivity contribution in [3.8, 4) is 22.9 Å². The van der Waals surface area contributed by atoms with Gasteiger partial charge in [0.1, 0.15) is 17.9 Å². The highest BCUT2D eigenvalue weighted by atomic mass is 19.1. The number of hydrogen-bond acceptors (Lipinski definition) is 5. The lowest BCUT2D eigenvalue weighted by molar-refractivity contribution is 0.0696. The molecule has 5 rings (SSSR count). The summed E-state index contributed by atoms with van der Waals surface area (Å²) in [6, 6.07) is 12.1. The Morgan fingerprint density at radius 1 is 1.06 bits per heavy atom. The summed E-state index contributed by atoms with van der Waals surface area (Å²) in [5.74, 6) is 1.60. The van der Waals surface area contributed by atoms with Crippen LogP contribution in [0.5, 0.6) is 11.5 Å². The molecule has 0 radical (unpaired) electrons. The van der Waals surface area contributed by atoms with E-state index in [1.807, 2.05) is 23.1 Å². The molecule has 1 fully saturated rings. The summed E-state index contributed by atoms with van der Waals surface area (Å²) >= 11 is 0. The predicted molar refractivity (Wildman–Crippen MR) is 121 cm³/mol. The van der Waals surface area contributed by atoms with Crippen LogP contribution in [-0.2, 0) is 0 Å². The van der Waals surface area contributed by atoms with Crippen molar-refractivity contribution in [2.45, 2.75) is 18.9 Å². The SMILES string of the molecule is COc1ccc(-c2nc3cc(F)ccc3n2C2CCN(C(=O)c3ccoc3)CC2)cc1OC. The highest BCUT2D eigenvalue weighted by molar-refractivity contribution is 5.93. The van der Waals surface area contributed by atoms with Crippen LogP contribution < -0.4 is 9.47 Å². The molecule has 2 aromatic carbocycles. The van der Waals surface area contributed by atoms with Gasteiger partial charge in [0.25, 0.3) is 5.91 Å². The van der Waals surface area contributed by atoms with Crippen molar-refractivity contribution in [3.05, 3.63) is 66.4 Å². The van der Waals surface area contributed by atoms with Crippen molar-refractivity contribution in [2.24, 2.45) is 0 Å². The predicted octanol–water partition coefficient (Wildman–Crippen LogP) is 4.93. The Kier molecular flexibility index (Phi) is 5.50. The Morgan fingerprint density at radius 3 is 2.55 bits per heavy atom.